The number of aromatic nitrogens is 1. The number of hydrogen-bond acceptors (Lipinski definition) is 5. The van der Waals surface area contributed by atoms with Crippen LogP contribution in [-0.4, -0.2) is 44.5 Å². The highest BCUT2D eigenvalue weighted by Crippen LogP contribution is 2.28. The third-order valence-corrected chi connectivity index (χ3v) is 6.75. The van der Waals surface area contributed by atoms with Gasteiger partial charge < -0.3 is 4.90 Å². The van der Waals surface area contributed by atoms with Crippen molar-refractivity contribution in [3.63, 3.8) is 0 Å². The predicted molar refractivity (Wildman–Crippen MR) is 77.2 cm³/mol. The lowest BCUT2D eigenvalue weighted by atomic mass is 9.95. The van der Waals surface area contributed by atoms with Gasteiger partial charge >= 0.3 is 0 Å². The van der Waals surface area contributed by atoms with Crippen molar-refractivity contribution < 1.29 is 8.42 Å². The number of sulfonamides is 1. The van der Waals surface area contributed by atoms with Gasteiger partial charge in [-0.2, -0.15) is 0 Å². The molecule has 19 heavy (non-hydrogen) atoms. The monoisotopic (exact) mass is 323 g/mol. The Hall–Kier alpha value is -0.210. The summed E-state index contributed by atoms with van der Waals surface area (Å²) in [5.74, 6) is 0.289. The molecule has 5 nitrogen and oxygen atoms in total. The highest BCUT2D eigenvalue weighted by molar-refractivity contribution is 7.91. The number of halogens is 1. The van der Waals surface area contributed by atoms with E-state index >= 15 is 0 Å². The number of nitrogens with zero attached hydrogens (tertiary/aromatic N) is 2. The van der Waals surface area contributed by atoms with Crippen LogP contribution in [0.5, 0.6) is 0 Å². The number of thiazole rings is 1. The van der Waals surface area contributed by atoms with Crippen LogP contribution in [0.15, 0.2) is 4.21 Å². The normalized spacial score (nSPS) is 25.7. The molecule has 1 aromatic heterocycles. The first-order chi connectivity index (χ1) is 8.79. The molecule has 1 N–H and O–H groups in total. The Kier molecular flexibility index (Phi) is 4.52. The molecule has 0 aliphatic carbocycles. The summed E-state index contributed by atoms with van der Waals surface area (Å²) in [5, 5.41) is 0. The van der Waals surface area contributed by atoms with Gasteiger partial charge in [0.2, 0.25) is 0 Å². The maximum Gasteiger partial charge on any atom is 0.252 e. The fraction of sp³-hybridized carbons (Fsp3) is 0.727. The largest absolute Gasteiger partial charge is 0.306 e. The molecule has 0 bridgehead atoms. The molecule has 1 aliphatic rings. The molecule has 1 aromatic rings. The van der Waals surface area contributed by atoms with Crippen LogP contribution in [0.4, 0.5) is 0 Å². The van der Waals surface area contributed by atoms with Crippen LogP contribution in [0.25, 0.3) is 0 Å². The minimum absolute atomic E-state index is 0.0264. The summed E-state index contributed by atoms with van der Waals surface area (Å²) in [6.07, 6.45) is 0.822. The van der Waals surface area contributed by atoms with Crippen molar-refractivity contribution in [2.75, 3.05) is 20.1 Å². The van der Waals surface area contributed by atoms with Crippen molar-refractivity contribution in [3.05, 3.63) is 10.2 Å². The average Bonchev–Trinajstić information content (AvgIpc) is 2.63. The summed E-state index contributed by atoms with van der Waals surface area (Å²) < 4.78 is 28.0. The number of aryl methyl sites for hydroxylation is 1. The zero-order valence-electron chi connectivity index (χ0n) is 11.2. The Labute approximate surface area is 123 Å². The van der Waals surface area contributed by atoms with Crippen molar-refractivity contribution in [3.8, 4) is 0 Å². The molecular weight excluding hydrogens is 306 g/mol. The first-order valence-corrected chi connectivity index (χ1v) is 8.81. The number of piperidine rings is 1. The molecule has 2 rings (SSSR count). The Balaban J connectivity index is 2.16. The van der Waals surface area contributed by atoms with Gasteiger partial charge in [-0.15, -0.1) is 0 Å². The van der Waals surface area contributed by atoms with E-state index in [2.05, 4.69) is 21.5 Å². The standard InChI is InChI=1S/C11H18ClN3O2S2/c1-7-6-15(3)5-4-9(7)14-19(16,17)10-8(2)13-11(12)18-10/h7,9,14H,4-6H2,1-3H3. The second kappa shape index (κ2) is 5.65. The molecule has 1 fully saturated rings. The molecule has 108 valence electrons. The van der Waals surface area contributed by atoms with Crippen molar-refractivity contribution in [2.45, 2.75) is 30.5 Å². The zero-order chi connectivity index (χ0) is 14.2. The second-order valence-electron chi connectivity index (χ2n) is 5.10. The molecule has 2 atom stereocenters. The Morgan fingerprint density at radius 2 is 2.21 bits per heavy atom. The van der Waals surface area contributed by atoms with Crippen LogP contribution >= 0.6 is 22.9 Å². The van der Waals surface area contributed by atoms with Gasteiger partial charge in [-0.1, -0.05) is 29.9 Å². The van der Waals surface area contributed by atoms with Gasteiger partial charge in [0.25, 0.3) is 10.0 Å². The summed E-state index contributed by atoms with van der Waals surface area (Å²) in [4.78, 5) is 6.17. The topological polar surface area (TPSA) is 62.3 Å². The number of rotatable bonds is 3. The predicted octanol–water partition coefficient (Wildman–Crippen LogP) is 1.72. The molecular formula is C11H18ClN3O2S2. The van der Waals surface area contributed by atoms with Crippen LogP contribution in [0.2, 0.25) is 4.47 Å². The summed E-state index contributed by atoms with van der Waals surface area (Å²) in [6, 6.07) is -0.0264. The van der Waals surface area contributed by atoms with E-state index in [1.165, 1.54) is 0 Å². The van der Waals surface area contributed by atoms with E-state index in [4.69, 9.17) is 11.6 Å². The Bertz CT molecular complexity index is 558. The third kappa shape index (κ3) is 3.46. The first kappa shape index (κ1) is 15.2. The second-order valence-corrected chi connectivity index (χ2v) is 8.59. The minimum atomic E-state index is -3.52. The molecule has 0 amide bonds. The van der Waals surface area contributed by atoms with Crippen molar-refractivity contribution in [2.24, 2.45) is 5.92 Å². The first-order valence-electron chi connectivity index (χ1n) is 6.13. The fourth-order valence-electron chi connectivity index (χ4n) is 2.38. The van der Waals surface area contributed by atoms with E-state index in [0.717, 1.165) is 30.8 Å². The van der Waals surface area contributed by atoms with Crippen LogP contribution in [0.3, 0.4) is 0 Å². The molecule has 0 spiro atoms. The van der Waals surface area contributed by atoms with Crippen molar-refractivity contribution >= 4 is 33.0 Å². The lowest BCUT2D eigenvalue weighted by molar-refractivity contribution is 0.188. The summed E-state index contributed by atoms with van der Waals surface area (Å²) in [5.41, 5.74) is 0.461. The van der Waals surface area contributed by atoms with E-state index < -0.39 is 10.0 Å². The molecule has 8 heteroatoms. The van der Waals surface area contributed by atoms with Crippen LogP contribution in [0.1, 0.15) is 19.0 Å². The lowest BCUT2D eigenvalue weighted by Crippen LogP contribution is -2.48. The van der Waals surface area contributed by atoms with Gasteiger partial charge in [-0.3, -0.25) is 0 Å². The highest BCUT2D eigenvalue weighted by Gasteiger charge is 2.30. The maximum absolute atomic E-state index is 12.3. The molecule has 2 heterocycles. The number of nitrogens with one attached hydrogen (secondary N) is 1. The Morgan fingerprint density at radius 3 is 2.74 bits per heavy atom. The third-order valence-electron chi connectivity index (χ3n) is 3.39. The van der Waals surface area contributed by atoms with E-state index in [0.29, 0.717) is 5.69 Å². The van der Waals surface area contributed by atoms with Crippen LogP contribution in [-0.2, 0) is 10.0 Å². The molecule has 0 aromatic carbocycles. The van der Waals surface area contributed by atoms with Gasteiger partial charge in [0.1, 0.15) is 0 Å². The van der Waals surface area contributed by atoms with Gasteiger partial charge in [0, 0.05) is 12.6 Å². The van der Waals surface area contributed by atoms with Gasteiger partial charge in [0.05, 0.1) is 5.69 Å². The number of hydrogen-bond donors (Lipinski definition) is 1. The van der Waals surface area contributed by atoms with E-state index in [1.54, 1.807) is 6.92 Å². The van der Waals surface area contributed by atoms with E-state index in [1.807, 2.05) is 7.05 Å². The Morgan fingerprint density at radius 1 is 1.53 bits per heavy atom. The van der Waals surface area contributed by atoms with E-state index in [-0.39, 0.29) is 20.6 Å². The zero-order valence-corrected chi connectivity index (χ0v) is 13.6. The quantitative estimate of drug-likeness (QED) is 0.920. The van der Waals surface area contributed by atoms with E-state index in [9.17, 15) is 8.42 Å². The van der Waals surface area contributed by atoms with Gasteiger partial charge in [-0.25, -0.2) is 18.1 Å². The molecule has 0 radical (unpaired) electrons. The van der Waals surface area contributed by atoms with Crippen LogP contribution < -0.4 is 4.72 Å². The minimum Gasteiger partial charge on any atom is -0.306 e. The summed E-state index contributed by atoms with van der Waals surface area (Å²) in [6.45, 7) is 5.53. The smallest absolute Gasteiger partial charge is 0.252 e. The average molecular weight is 324 g/mol. The van der Waals surface area contributed by atoms with Crippen molar-refractivity contribution in [1.29, 1.82) is 0 Å². The molecule has 1 saturated heterocycles. The number of likely N-dealkylation sites (tertiary alicyclic amines) is 1. The fourth-order valence-corrected chi connectivity index (χ4v) is 5.52. The van der Waals surface area contributed by atoms with Crippen molar-refractivity contribution in [1.82, 2.24) is 14.6 Å². The SMILES string of the molecule is Cc1nc(Cl)sc1S(=O)(=O)NC1CCN(C)CC1C. The van der Waals surface area contributed by atoms with Crippen LogP contribution in [0, 0.1) is 12.8 Å². The summed E-state index contributed by atoms with van der Waals surface area (Å²) >= 11 is 6.78. The molecule has 1 aliphatic heterocycles. The lowest BCUT2D eigenvalue weighted by Gasteiger charge is -2.34. The molecule has 0 saturated carbocycles. The maximum atomic E-state index is 12.3. The molecule has 2 unspecified atom stereocenters. The summed E-state index contributed by atoms with van der Waals surface area (Å²) in [7, 11) is -1.47. The van der Waals surface area contributed by atoms with Gasteiger partial charge in [-0.05, 0) is 32.9 Å². The van der Waals surface area contributed by atoms with Gasteiger partial charge in [0.15, 0.2) is 8.68 Å². The highest BCUT2D eigenvalue weighted by atomic mass is 35.5.